The molecule has 0 radical (unpaired) electrons. The third kappa shape index (κ3) is 4.12. The Kier molecular flexibility index (Phi) is 6.22. The van der Waals surface area contributed by atoms with Gasteiger partial charge in [-0.2, -0.15) is 0 Å². The summed E-state index contributed by atoms with van der Waals surface area (Å²) >= 11 is 0. The molecule has 0 heterocycles. The summed E-state index contributed by atoms with van der Waals surface area (Å²) in [5.74, 6) is 1.29. The molecule has 1 aliphatic rings. The summed E-state index contributed by atoms with van der Waals surface area (Å²) in [6, 6.07) is 0. The van der Waals surface area contributed by atoms with E-state index in [2.05, 4.69) is 13.8 Å². The zero-order valence-corrected chi connectivity index (χ0v) is 12.1. The lowest BCUT2D eigenvalue weighted by Crippen LogP contribution is -2.35. The van der Waals surface area contributed by atoms with Gasteiger partial charge >= 0.3 is 0 Å². The van der Waals surface area contributed by atoms with Crippen molar-refractivity contribution in [3.05, 3.63) is 0 Å². The van der Waals surface area contributed by atoms with E-state index in [0.29, 0.717) is 5.78 Å². The second-order valence-electron chi connectivity index (χ2n) is 6.04. The van der Waals surface area contributed by atoms with Crippen molar-refractivity contribution in [3.63, 3.8) is 0 Å². The molecule has 0 aromatic rings. The highest BCUT2D eigenvalue weighted by molar-refractivity contribution is 5.82. The van der Waals surface area contributed by atoms with E-state index in [4.69, 9.17) is 0 Å². The molecule has 1 saturated carbocycles. The van der Waals surface area contributed by atoms with E-state index in [1.54, 1.807) is 0 Å². The molecule has 0 saturated heterocycles. The van der Waals surface area contributed by atoms with E-state index in [1.165, 1.54) is 51.4 Å². The Morgan fingerprint density at radius 1 is 1.24 bits per heavy atom. The Bertz CT molecular complexity index is 234. The van der Waals surface area contributed by atoms with Crippen LogP contribution in [0.3, 0.4) is 0 Å². The first-order valence-corrected chi connectivity index (χ1v) is 7.65. The molecule has 0 amide bonds. The Labute approximate surface area is 107 Å². The van der Waals surface area contributed by atoms with Crippen molar-refractivity contribution in [1.82, 2.24) is 0 Å². The van der Waals surface area contributed by atoms with E-state index in [9.17, 15) is 4.79 Å². The molecule has 0 aromatic carbocycles. The quantitative estimate of drug-likeness (QED) is 0.600. The lowest BCUT2D eigenvalue weighted by Gasteiger charge is -2.39. The fourth-order valence-electron chi connectivity index (χ4n) is 3.46. The molecule has 2 atom stereocenters. The van der Waals surface area contributed by atoms with Gasteiger partial charge in [-0.3, -0.25) is 4.79 Å². The highest BCUT2D eigenvalue weighted by Crippen LogP contribution is 2.45. The monoisotopic (exact) mass is 238 g/mol. The van der Waals surface area contributed by atoms with Crippen LogP contribution < -0.4 is 0 Å². The van der Waals surface area contributed by atoms with Gasteiger partial charge in [0.2, 0.25) is 0 Å². The lowest BCUT2D eigenvalue weighted by molar-refractivity contribution is -0.130. The van der Waals surface area contributed by atoms with Gasteiger partial charge in [0.25, 0.3) is 0 Å². The molecular formula is C16H30O. The van der Waals surface area contributed by atoms with Gasteiger partial charge < -0.3 is 0 Å². The van der Waals surface area contributed by atoms with Gasteiger partial charge in [-0.05, 0) is 32.1 Å². The molecule has 1 rings (SSSR count). The molecule has 0 aromatic heterocycles. The van der Waals surface area contributed by atoms with Gasteiger partial charge in [-0.25, -0.2) is 0 Å². The zero-order chi connectivity index (χ0) is 12.7. The molecule has 1 nitrogen and oxygen atoms in total. The molecule has 100 valence electrons. The zero-order valence-electron chi connectivity index (χ0n) is 12.1. The van der Waals surface area contributed by atoms with Crippen LogP contribution in [0.2, 0.25) is 0 Å². The summed E-state index contributed by atoms with van der Waals surface area (Å²) in [4.78, 5) is 12.0. The number of rotatable bonds is 7. The van der Waals surface area contributed by atoms with Gasteiger partial charge in [-0.15, -0.1) is 0 Å². The molecule has 0 aliphatic heterocycles. The van der Waals surface area contributed by atoms with Crippen LogP contribution in [0, 0.1) is 11.3 Å². The van der Waals surface area contributed by atoms with E-state index in [1.807, 2.05) is 6.92 Å². The average Bonchev–Trinajstić information content (AvgIpc) is 2.34. The number of hydrogen-bond donors (Lipinski definition) is 0. The number of Topliss-reactive ketones (excluding diaryl/α,β-unsaturated/α-hetero) is 1. The van der Waals surface area contributed by atoms with Crippen molar-refractivity contribution in [1.29, 1.82) is 0 Å². The third-order valence-electron chi connectivity index (χ3n) is 4.67. The Morgan fingerprint density at radius 2 is 1.94 bits per heavy atom. The third-order valence-corrected chi connectivity index (χ3v) is 4.67. The molecule has 1 aliphatic carbocycles. The maximum atomic E-state index is 12.0. The smallest absolute Gasteiger partial charge is 0.135 e. The van der Waals surface area contributed by atoms with Gasteiger partial charge in [0.1, 0.15) is 5.78 Å². The fraction of sp³-hybridized carbons (Fsp3) is 0.938. The molecule has 0 N–H and O–H groups in total. The van der Waals surface area contributed by atoms with E-state index in [0.717, 1.165) is 18.8 Å². The average molecular weight is 238 g/mol. The predicted octanol–water partition coefficient (Wildman–Crippen LogP) is 5.13. The van der Waals surface area contributed by atoms with Crippen molar-refractivity contribution >= 4 is 5.78 Å². The first kappa shape index (κ1) is 14.7. The Hall–Kier alpha value is -0.330. The van der Waals surface area contributed by atoms with Gasteiger partial charge in [-0.1, -0.05) is 58.8 Å². The lowest BCUT2D eigenvalue weighted by atomic mass is 9.64. The molecule has 0 bridgehead atoms. The van der Waals surface area contributed by atoms with E-state index < -0.39 is 0 Å². The normalized spacial score (nSPS) is 29.2. The van der Waals surface area contributed by atoms with Crippen LogP contribution in [0.1, 0.15) is 85.0 Å². The number of carbonyl (C=O) groups excluding carboxylic acids is 1. The maximum Gasteiger partial charge on any atom is 0.135 e. The molecule has 1 heteroatoms. The van der Waals surface area contributed by atoms with Gasteiger partial charge in [0, 0.05) is 5.41 Å². The number of ketones is 1. The van der Waals surface area contributed by atoms with Crippen molar-refractivity contribution in [2.24, 2.45) is 11.3 Å². The minimum absolute atomic E-state index is 0.0622. The first-order chi connectivity index (χ1) is 8.14. The summed E-state index contributed by atoms with van der Waals surface area (Å²) < 4.78 is 0. The van der Waals surface area contributed by atoms with Gasteiger partial charge in [0.05, 0.1) is 0 Å². The van der Waals surface area contributed by atoms with Crippen molar-refractivity contribution in [2.75, 3.05) is 0 Å². The van der Waals surface area contributed by atoms with Crippen molar-refractivity contribution in [3.8, 4) is 0 Å². The summed E-state index contributed by atoms with van der Waals surface area (Å²) in [5.41, 5.74) is 0.0622. The first-order valence-electron chi connectivity index (χ1n) is 7.65. The highest BCUT2D eigenvalue weighted by atomic mass is 16.1. The molecule has 1 fully saturated rings. The van der Waals surface area contributed by atoms with Crippen LogP contribution in [0.4, 0.5) is 0 Å². The Balaban J connectivity index is 2.59. The van der Waals surface area contributed by atoms with Crippen LogP contribution in [0.25, 0.3) is 0 Å². The van der Waals surface area contributed by atoms with Crippen LogP contribution in [0.15, 0.2) is 0 Å². The largest absolute Gasteiger partial charge is 0.299 e. The van der Waals surface area contributed by atoms with E-state index in [-0.39, 0.29) is 5.41 Å². The number of carbonyl (C=O) groups is 1. The standard InChI is InChI=1S/C16H30O/c1-4-6-9-15-10-8-12-16(13-15,14(3)17)11-7-5-2/h15H,4-13H2,1-3H3. The SMILES string of the molecule is CCCCC1CCCC(CCCC)(C(C)=O)C1. The second-order valence-corrected chi connectivity index (χ2v) is 6.04. The summed E-state index contributed by atoms with van der Waals surface area (Å²) in [6.45, 7) is 6.32. The number of unbranched alkanes of at least 4 members (excludes halogenated alkanes) is 2. The van der Waals surface area contributed by atoms with Crippen LogP contribution in [-0.4, -0.2) is 5.78 Å². The van der Waals surface area contributed by atoms with Crippen molar-refractivity contribution < 1.29 is 4.79 Å². The minimum Gasteiger partial charge on any atom is -0.299 e. The molecule has 2 unspecified atom stereocenters. The Morgan fingerprint density at radius 3 is 2.53 bits per heavy atom. The second kappa shape index (κ2) is 7.18. The van der Waals surface area contributed by atoms with Crippen LogP contribution in [0.5, 0.6) is 0 Å². The van der Waals surface area contributed by atoms with E-state index >= 15 is 0 Å². The molecular weight excluding hydrogens is 208 g/mol. The van der Waals surface area contributed by atoms with Gasteiger partial charge in [0.15, 0.2) is 0 Å². The molecule has 0 spiro atoms. The topological polar surface area (TPSA) is 17.1 Å². The maximum absolute atomic E-state index is 12.0. The van der Waals surface area contributed by atoms with Crippen molar-refractivity contribution in [2.45, 2.75) is 85.0 Å². The van der Waals surface area contributed by atoms with Crippen LogP contribution >= 0.6 is 0 Å². The molecule has 17 heavy (non-hydrogen) atoms. The summed E-state index contributed by atoms with van der Waals surface area (Å²) in [7, 11) is 0. The number of hydrogen-bond acceptors (Lipinski definition) is 1. The minimum atomic E-state index is 0.0622. The highest BCUT2D eigenvalue weighted by Gasteiger charge is 2.39. The predicted molar refractivity (Wildman–Crippen MR) is 74.1 cm³/mol. The summed E-state index contributed by atoms with van der Waals surface area (Å²) in [5, 5.41) is 0. The van der Waals surface area contributed by atoms with Crippen LogP contribution in [-0.2, 0) is 4.79 Å². The summed E-state index contributed by atoms with van der Waals surface area (Å²) in [6.07, 6.45) is 12.5. The fourth-order valence-corrected chi connectivity index (χ4v) is 3.46.